The van der Waals surface area contributed by atoms with Crippen molar-refractivity contribution in [1.29, 1.82) is 0 Å². The Morgan fingerprint density at radius 3 is 2.60 bits per heavy atom. The lowest BCUT2D eigenvalue weighted by Crippen LogP contribution is -2.06. The maximum Gasteiger partial charge on any atom is 0.417 e. The number of aromatic amines is 1. The van der Waals surface area contributed by atoms with E-state index < -0.39 is 11.7 Å². The molecule has 2 nitrogen and oxygen atoms in total. The Bertz CT molecular complexity index is 777. The molecule has 2 heterocycles. The molecule has 1 aromatic carbocycles. The molecule has 1 N–H and O–H groups in total. The van der Waals surface area contributed by atoms with Gasteiger partial charge in [0.05, 0.1) is 10.6 Å². The van der Waals surface area contributed by atoms with E-state index in [1.807, 2.05) is 0 Å². The Kier molecular flexibility index (Phi) is 2.94. The number of alkyl halides is 3. The molecule has 3 rings (SSSR count). The topological polar surface area (TPSA) is 28.7 Å². The third-order valence-corrected chi connectivity index (χ3v) is 3.45. The number of rotatable bonds is 1. The van der Waals surface area contributed by atoms with Gasteiger partial charge in [0.2, 0.25) is 0 Å². The predicted molar refractivity (Wildman–Crippen MR) is 71.5 cm³/mol. The van der Waals surface area contributed by atoms with E-state index in [0.29, 0.717) is 16.8 Å². The first kappa shape index (κ1) is 13.0. The van der Waals surface area contributed by atoms with Crippen LogP contribution in [-0.4, -0.2) is 9.97 Å². The first-order valence-electron chi connectivity index (χ1n) is 5.76. The fourth-order valence-electron chi connectivity index (χ4n) is 2.14. The number of pyridine rings is 1. The molecular weight excluding hydrogens is 289 g/mol. The van der Waals surface area contributed by atoms with Crippen molar-refractivity contribution in [3.63, 3.8) is 0 Å². The predicted octanol–water partition coefficient (Wildman–Crippen LogP) is 4.90. The lowest BCUT2D eigenvalue weighted by atomic mass is 10.0. The zero-order valence-electron chi connectivity index (χ0n) is 10.0. The lowest BCUT2D eigenvalue weighted by molar-refractivity contribution is -0.137. The first-order valence-corrected chi connectivity index (χ1v) is 6.14. The molecular formula is C14H8ClF3N2. The Morgan fingerprint density at radius 1 is 1.05 bits per heavy atom. The Hall–Kier alpha value is -2.01. The van der Waals surface area contributed by atoms with Crippen LogP contribution in [0.15, 0.2) is 42.7 Å². The van der Waals surface area contributed by atoms with Crippen molar-refractivity contribution in [3.05, 3.63) is 53.3 Å². The number of halogens is 4. The summed E-state index contributed by atoms with van der Waals surface area (Å²) in [5.74, 6) is 0. The van der Waals surface area contributed by atoms with Gasteiger partial charge < -0.3 is 4.98 Å². The maximum absolute atomic E-state index is 12.9. The summed E-state index contributed by atoms with van der Waals surface area (Å²) < 4.78 is 38.6. The number of nitrogens with zero attached hydrogens (tertiary/aromatic N) is 1. The molecule has 3 aromatic rings. The smallest absolute Gasteiger partial charge is 0.346 e. The van der Waals surface area contributed by atoms with Gasteiger partial charge in [-0.3, -0.25) is 0 Å². The van der Waals surface area contributed by atoms with E-state index in [4.69, 9.17) is 11.6 Å². The van der Waals surface area contributed by atoms with Crippen molar-refractivity contribution >= 4 is 22.6 Å². The summed E-state index contributed by atoms with van der Waals surface area (Å²) in [5, 5.41) is 0.429. The number of aromatic nitrogens is 2. The molecule has 0 aliphatic carbocycles. The summed E-state index contributed by atoms with van der Waals surface area (Å²) in [7, 11) is 0. The van der Waals surface area contributed by atoms with Crippen LogP contribution in [0.3, 0.4) is 0 Å². The Labute approximate surface area is 117 Å². The average molecular weight is 297 g/mol. The highest BCUT2D eigenvalue weighted by atomic mass is 35.5. The zero-order chi connectivity index (χ0) is 14.3. The molecule has 0 amide bonds. The molecule has 0 aliphatic rings. The zero-order valence-corrected chi connectivity index (χ0v) is 10.8. The van der Waals surface area contributed by atoms with Crippen LogP contribution in [0, 0.1) is 0 Å². The lowest BCUT2D eigenvalue weighted by Gasteiger charge is -2.11. The molecule has 0 unspecified atom stereocenters. The van der Waals surface area contributed by atoms with Crippen molar-refractivity contribution in [2.24, 2.45) is 0 Å². The molecule has 20 heavy (non-hydrogen) atoms. The van der Waals surface area contributed by atoms with Crippen LogP contribution < -0.4 is 0 Å². The van der Waals surface area contributed by atoms with Crippen LogP contribution >= 0.6 is 11.6 Å². The minimum Gasteiger partial charge on any atom is -0.346 e. The molecule has 0 bridgehead atoms. The second kappa shape index (κ2) is 4.52. The van der Waals surface area contributed by atoms with Gasteiger partial charge in [0.15, 0.2) is 0 Å². The highest BCUT2D eigenvalue weighted by Gasteiger charge is 2.34. The molecule has 0 spiro atoms. The summed E-state index contributed by atoms with van der Waals surface area (Å²) in [5.41, 5.74) is 0.704. The number of benzene rings is 1. The molecule has 0 radical (unpaired) electrons. The van der Waals surface area contributed by atoms with Gasteiger partial charge in [-0.05, 0) is 18.2 Å². The highest BCUT2D eigenvalue weighted by Crippen LogP contribution is 2.41. The Balaban J connectivity index is 2.25. The quantitative estimate of drug-likeness (QED) is 0.679. The molecule has 102 valence electrons. The molecule has 0 atom stereocenters. The largest absolute Gasteiger partial charge is 0.417 e. The van der Waals surface area contributed by atoms with Crippen molar-refractivity contribution in [1.82, 2.24) is 9.97 Å². The number of hydrogen-bond donors (Lipinski definition) is 1. The van der Waals surface area contributed by atoms with Crippen LogP contribution in [0.25, 0.3) is 22.2 Å². The van der Waals surface area contributed by atoms with Gasteiger partial charge >= 0.3 is 6.18 Å². The van der Waals surface area contributed by atoms with Crippen LogP contribution in [-0.2, 0) is 6.18 Å². The maximum atomic E-state index is 12.9. The van der Waals surface area contributed by atoms with E-state index >= 15 is 0 Å². The summed E-state index contributed by atoms with van der Waals surface area (Å²) in [6, 6.07) is 7.39. The normalized spacial score (nSPS) is 12.0. The van der Waals surface area contributed by atoms with Gasteiger partial charge in [-0.1, -0.05) is 23.7 Å². The minimum atomic E-state index is -4.47. The van der Waals surface area contributed by atoms with Gasteiger partial charge in [-0.15, -0.1) is 0 Å². The first-order chi connectivity index (χ1) is 9.48. The number of nitrogens with one attached hydrogen (secondary N) is 1. The SMILES string of the molecule is FC(F)(F)c1cccc(-c2c[nH]c3ncccc23)c1Cl. The summed E-state index contributed by atoms with van der Waals surface area (Å²) in [4.78, 5) is 7.03. The molecule has 0 saturated heterocycles. The molecule has 0 fully saturated rings. The van der Waals surface area contributed by atoms with Gasteiger partial charge in [0.25, 0.3) is 0 Å². The van der Waals surface area contributed by atoms with Gasteiger partial charge in [0.1, 0.15) is 5.65 Å². The van der Waals surface area contributed by atoms with E-state index in [0.717, 1.165) is 11.5 Å². The van der Waals surface area contributed by atoms with E-state index in [2.05, 4.69) is 9.97 Å². The molecule has 0 saturated carbocycles. The summed E-state index contributed by atoms with van der Waals surface area (Å²) >= 11 is 5.93. The standard InChI is InChI=1S/C14H8ClF3N2/c15-12-8(3-1-5-11(12)14(16,17)18)10-7-20-13-9(10)4-2-6-19-13/h1-7H,(H,19,20). The summed E-state index contributed by atoms with van der Waals surface area (Å²) in [6.07, 6.45) is -1.26. The third-order valence-electron chi connectivity index (χ3n) is 3.05. The third kappa shape index (κ3) is 2.04. The fourth-order valence-corrected chi connectivity index (χ4v) is 2.47. The van der Waals surface area contributed by atoms with E-state index in [-0.39, 0.29) is 5.02 Å². The number of hydrogen-bond acceptors (Lipinski definition) is 1. The van der Waals surface area contributed by atoms with E-state index in [1.54, 1.807) is 30.6 Å². The minimum absolute atomic E-state index is 0.301. The van der Waals surface area contributed by atoms with Crippen molar-refractivity contribution in [2.45, 2.75) is 6.18 Å². The number of H-pyrrole nitrogens is 1. The van der Waals surface area contributed by atoms with Crippen LogP contribution in [0.1, 0.15) is 5.56 Å². The fraction of sp³-hybridized carbons (Fsp3) is 0.0714. The van der Waals surface area contributed by atoms with E-state index in [9.17, 15) is 13.2 Å². The molecule has 6 heteroatoms. The van der Waals surface area contributed by atoms with Gasteiger partial charge in [-0.25, -0.2) is 4.98 Å². The Morgan fingerprint density at radius 2 is 1.85 bits per heavy atom. The van der Waals surface area contributed by atoms with Gasteiger partial charge in [-0.2, -0.15) is 13.2 Å². The van der Waals surface area contributed by atoms with Crippen LogP contribution in [0.5, 0.6) is 0 Å². The van der Waals surface area contributed by atoms with Crippen LogP contribution in [0.2, 0.25) is 5.02 Å². The molecule has 2 aromatic heterocycles. The second-order valence-electron chi connectivity index (χ2n) is 4.27. The number of fused-ring (bicyclic) bond motifs is 1. The van der Waals surface area contributed by atoms with Crippen molar-refractivity contribution in [2.75, 3.05) is 0 Å². The summed E-state index contributed by atoms with van der Waals surface area (Å²) in [6.45, 7) is 0. The van der Waals surface area contributed by atoms with Crippen molar-refractivity contribution < 1.29 is 13.2 Å². The monoisotopic (exact) mass is 296 g/mol. The van der Waals surface area contributed by atoms with Gasteiger partial charge in [0, 0.05) is 28.9 Å². The molecule has 0 aliphatic heterocycles. The van der Waals surface area contributed by atoms with E-state index in [1.165, 1.54) is 6.07 Å². The van der Waals surface area contributed by atoms with Crippen molar-refractivity contribution in [3.8, 4) is 11.1 Å². The average Bonchev–Trinajstić information content (AvgIpc) is 2.81. The van der Waals surface area contributed by atoms with Crippen LogP contribution in [0.4, 0.5) is 13.2 Å². The second-order valence-corrected chi connectivity index (χ2v) is 4.64. The highest BCUT2D eigenvalue weighted by molar-refractivity contribution is 6.34.